The highest BCUT2D eigenvalue weighted by molar-refractivity contribution is 7.92. The zero-order chi connectivity index (χ0) is 32.4. The van der Waals surface area contributed by atoms with Gasteiger partial charge in [-0.15, -0.1) is 0 Å². The fourth-order valence-electron chi connectivity index (χ4n) is 4.88. The Balaban J connectivity index is 1.69. The maximum absolute atomic E-state index is 14.3. The molecule has 0 aliphatic rings. The second-order valence-electron chi connectivity index (χ2n) is 11.2. The molecule has 8 nitrogen and oxygen atoms in total. The lowest BCUT2D eigenvalue weighted by molar-refractivity contribution is -0.140. The smallest absolute Gasteiger partial charge is 0.244 e. The molecule has 0 fully saturated rings. The molecule has 0 saturated carbocycles. The number of para-hydroxylation sites is 1. The number of anilines is 1. The van der Waals surface area contributed by atoms with Crippen LogP contribution in [0.2, 0.25) is 0 Å². The molecule has 45 heavy (non-hydrogen) atoms. The van der Waals surface area contributed by atoms with Crippen molar-refractivity contribution in [2.24, 2.45) is 0 Å². The molecule has 0 spiro atoms. The lowest BCUT2D eigenvalue weighted by Gasteiger charge is -2.34. The van der Waals surface area contributed by atoms with E-state index in [1.165, 1.54) is 4.90 Å². The Labute approximate surface area is 266 Å². The number of carbonyl (C=O) groups is 2. The molecule has 0 saturated heterocycles. The van der Waals surface area contributed by atoms with E-state index in [1.54, 1.807) is 24.3 Å². The number of sulfonamides is 1. The summed E-state index contributed by atoms with van der Waals surface area (Å²) in [6, 6.07) is 32.0. The molecule has 0 radical (unpaired) electrons. The highest BCUT2D eigenvalue weighted by atomic mass is 32.2. The summed E-state index contributed by atoms with van der Waals surface area (Å²) in [5, 5.41) is 3.05. The average molecular weight is 628 g/mol. The van der Waals surface area contributed by atoms with Crippen LogP contribution in [-0.2, 0) is 32.6 Å². The first kappa shape index (κ1) is 33.3. The Morgan fingerprint density at radius 2 is 1.40 bits per heavy atom. The third-order valence-electron chi connectivity index (χ3n) is 7.66. The quantitative estimate of drug-likeness (QED) is 0.182. The summed E-state index contributed by atoms with van der Waals surface area (Å²) in [6.07, 6.45) is 2.06. The second-order valence-corrected chi connectivity index (χ2v) is 13.1. The number of hydrogen-bond donors (Lipinski definition) is 1. The Bertz CT molecular complexity index is 1660. The molecule has 4 aromatic carbocycles. The lowest BCUT2D eigenvalue weighted by atomic mass is 10.0. The van der Waals surface area contributed by atoms with Gasteiger partial charge in [-0.05, 0) is 73.4 Å². The second kappa shape index (κ2) is 15.4. The summed E-state index contributed by atoms with van der Waals surface area (Å²) < 4.78 is 33.1. The number of aryl methyl sites for hydroxylation is 1. The summed E-state index contributed by atoms with van der Waals surface area (Å²) >= 11 is 0. The van der Waals surface area contributed by atoms with Crippen molar-refractivity contribution in [1.82, 2.24) is 10.2 Å². The maximum Gasteiger partial charge on any atom is 0.244 e. The lowest BCUT2D eigenvalue weighted by Crippen LogP contribution is -2.54. The van der Waals surface area contributed by atoms with Crippen molar-refractivity contribution in [2.75, 3.05) is 17.1 Å². The van der Waals surface area contributed by atoms with Gasteiger partial charge in [0.05, 0.1) is 11.9 Å². The number of nitrogens with one attached hydrogen (secondary N) is 1. The summed E-state index contributed by atoms with van der Waals surface area (Å²) in [4.78, 5) is 29.6. The predicted octanol–water partition coefficient (Wildman–Crippen LogP) is 6.11. The zero-order valence-electron chi connectivity index (χ0n) is 26.2. The average Bonchev–Trinajstić information content (AvgIpc) is 3.03. The summed E-state index contributed by atoms with van der Waals surface area (Å²) in [6.45, 7) is 5.50. The normalized spacial score (nSPS) is 12.5. The van der Waals surface area contributed by atoms with Gasteiger partial charge in [0.1, 0.15) is 24.1 Å². The minimum Gasteiger partial charge on any atom is -0.457 e. The van der Waals surface area contributed by atoms with Gasteiger partial charge in [0.25, 0.3) is 0 Å². The monoisotopic (exact) mass is 627 g/mol. The van der Waals surface area contributed by atoms with E-state index in [2.05, 4.69) is 5.32 Å². The van der Waals surface area contributed by atoms with Gasteiger partial charge in [-0.1, -0.05) is 79.7 Å². The van der Waals surface area contributed by atoms with Crippen LogP contribution >= 0.6 is 0 Å². The van der Waals surface area contributed by atoms with Crippen LogP contribution in [-0.4, -0.2) is 50.0 Å². The van der Waals surface area contributed by atoms with Crippen molar-refractivity contribution in [1.29, 1.82) is 0 Å². The standard InChI is InChI=1S/C36H41N3O5S/c1-5-28(3)37-36(41)34(24-29-15-8-6-9-16-29)38(25-30-17-13-12-14-27(30)2)35(40)26-39(45(4,42)43)31-20-22-33(23-21-31)44-32-18-10-7-11-19-32/h6-23,28,34H,5,24-26H2,1-4H3,(H,37,41). The van der Waals surface area contributed by atoms with E-state index in [0.29, 0.717) is 17.2 Å². The van der Waals surface area contributed by atoms with Gasteiger partial charge >= 0.3 is 0 Å². The van der Waals surface area contributed by atoms with Crippen LogP contribution in [0.3, 0.4) is 0 Å². The molecule has 2 atom stereocenters. The minimum atomic E-state index is -3.88. The summed E-state index contributed by atoms with van der Waals surface area (Å²) in [5.41, 5.74) is 3.03. The summed E-state index contributed by atoms with van der Waals surface area (Å²) in [5.74, 6) is 0.389. The van der Waals surface area contributed by atoms with Gasteiger partial charge < -0.3 is 15.0 Å². The van der Waals surface area contributed by atoms with Crippen LogP contribution in [0.5, 0.6) is 11.5 Å². The van der Waals surface area contributed by atoms with E-state index in [9.17, 15) is 18.0 Å². The number of hydrogen-bond acceptors (Lipinski definition) is 5. The molecule has 2 amide bonds. The van der Waals surface area contributed by atoms with Gasteiger partial charge in [-0.3, -0.25) is 13.9 Å². The predicted molar refractivity (Wildman–Crippen MR) is 179 cm³/mol. The highest BCUT2D eigenvalue weighted by Gasteiger charge is 2.33. The first-order chi connectivity index (χ1) is 21.5. The minimum absolute atomic E-state index is 0.102. The molecule has 0 aromatic heterocycles. The Morgan fingerprint density at radius 3 is 2.00 bits per heavy atom. The van der Waals surface area contributed by atoms with E-state index in [0.717, 1.165) is 33.7 Å². The maximum atomic E-state index is 14.3. The van der Waals surface area contributed by atoms with Crippen molar-refractivity contribution in [2.45, 2.75) is 52.2 Å². The SMILES string of the molecule is CCC(C)NC(=O)C(Cc1ccccc1)N(Cc1ccccc1C)C(=O)CN(c1ccc(Oc2ccccc2)cc1)S(C)(=O)=O. The zero-order valence-corrected chi connectivity index (χ0v) is 27.0. The molecule has 236 valence electrons. The van der Waals surface area contributed by atoms with Gasteiger partial charge in [-0.2, -0.15) is 0 Å². The van der Waals surface area contributed by atoms with Crippen LogP contribution in [0.25, 0.3) is 0 Å². The van der Waals surface area contributed by atoms with Gasteiger partial charge in [-0.25, -0.2) is 8.42 Å². The molecular formula is C36H41N3O5S. The van der Waals surface area contributed by atoms with Crippen molar-refractivity contribution in [3.8, 4) is 11.5 Å². The van der Waals surface area contributed by atoms with Gasteiger partial charge in [0.2, 0.25) is 21.8 Å². The van der Waals surface area contributed by atoms with Crippen molar-refractivity contribution >= 4 is 27.5 Å². The molecule has 4 rings (SSSR count). The van der Waals surface area contributed by atoms with E-state index in [1.807, 2.05) is 106 Å². The third kappa shape index (κ3) is 9.43. The Kier molecular flexibility index (Phi) is 11.4. The van der Waals surface area contributed by atoms with Crippen LogP contribution < -0.4 is 14.4 Å². The fourth-order valence-corrected chi connectivity index (χ4v) is 5.73. The number of amides is 2. The fraction of sp³-hybridized carbons (Fsp3) is 0.278. The topological polar surface area (TPSA) is 96.0 Å². The number of benzene rings is 4. The molecule has 9 heteroatoms. The van der Waals surface area contributed by atoms with Crippen molar-refractivity contribution in [3.05, 3.63) is 126 Å². The van der Waals surface area contributed by atoms with Gasteiger partial charge in [0.15, 0.2) is 0 Å². The Morgan fingerprint density at radius 1 is 0.822 bits per heavy atom. The molecule has 0 aliphatic heterocycles. The molecular weight excluding hydrogens is 586 g/mol. The number of nitrogens with zero attached hydrogens (tertiary/aromatic N) is 2. The van der Waals surface area contributed by atoms with Crippen LogP contribution in [0.1, 0.15) is 37.0 Å². The van der Waals surface area contributed by atoms with Crippen LogP contribution in [0, 0.1) is 6.92 Å². The van der Waals surface area contributed by atoms with E-state index in [4.69, 9.17) is 4.74 Å². The molecule has 0 heterocycles. The van der Waals surface area contributed by atoms with E-state index >= 15 is 0 Å². The number of rotatable bonds is 14. The highest BCUT2D eigenvalue weighted by Crippen LogP contribution is 2.26. The molecule has 1 N–H and O–H groups in total. The molecule has 2 unspecified atom stereocenters. The van der Waals surface area contributed by atoms with E-state index in [-0.39, 0.29) is 24.9 Å². The Hall–Kier alpha value is -4.63. The number of ether oxygens (including phenoxy) is 1. The van der Waals surface area contributed by atoms with Crippen LogP contribution in [0.15, 0.2) is 109 Å². The summed E-state index contributed by atoms with van der Waals surface area (Å²) in [7, 11) is -3.88. The van der Waals surface area contributed by atoms with Crippen molar-refractivity contribution in [3.63, 3.8) is 0 Å². The third-order valence-corrected chi connectivity index (χ3v) is 8.80. The van der Waals surface area contributed by atoms with E-state index < -0.39 is 28.5 Å². The molecule has 4 aromatic rings. The van der Waals surface area contributed by atoms with Crippen LogP contribution in [0.4, 0.5) is 5.69 Å². The van der Waals surface area contributed by atoms with Crippen molar-refractivity contribution < 1.29 is 22.7 Å². The number of carbonyl (C=O) groups excluding carboxylic acids is 2. The molecule has 0 aliphatic carbocycles. The largest absolute Gasteiger partial charge is 0.457 e. The van der Waals surface area contributed by atoms with Gasteiger partial charge in [0, 0.05) is 19.0 Å². The first-order valence-electron chi connectivity index (χ1n) is 15.0. The molecule has 0 bridgehead atoms. The first-order valence-corrected chi connectivity index (χ1v) is 16.9.